The van der Waals surface area contributed by atoms with Gasteiger partial charge in [0.1, 0.15) is 17.7 Å². The summed E-state index contributed by atoms with van der Waals surface area (Å²) in [4.78, 5) is 34.3. The number of anilines is 2. The van der Waals surface area contributed by atoms with Crippen molar-refractivity contribution >= 4 is 42.8 Å². The smallest absolute Gasteiger partial charge is 0.253 e. The van der Waals surface area contributed by atoms with Crippen LogP contribution >= 0.6 is 0 Å². The summed E-state index contributed by atoms with van der Waals surface area (Å²) in [5.41, 5.74) is 0.463. The molecule has 7 nitrogen and oxygen atoms in total. The third-order valence-corrected chi connectivity index (χ3v) is 11.0. The van der Waals surface area contributed by atoms with E-state index in [9.17, 15) is 9.59 Å². The zero-order valence-electron chi connectivity index (χ0n) is 21.4. The Morgan fingerprint density at radius 3 is 2.03 bits per heavy atom. The molecule has 0 saturated carbocycles. The predicted molar refractivity (Wildman–Crippen MR) is 138 cm³/mol. The molecule has 0 aromatic carbocycles. The average molecular weight is 473 g/mol. The molecule has 2 heterocycles. The quantitative estimate of drug-likeness (QED) is 0.406. The van der Waals surface area contributed by atoms with Gasteiger partial charge in [0.15, 0.2) is 14.0 Å². The van der Waals surface area contributed by atoms with Gasteiger partial charge in [0.25, 0.3) is 5.91 Å². The van der Waals surface area contributed by atoms with Crippen LogP contribution in [-0.4, -0.2) is 36.2 Å². The van der Waals surface area contributed by atoms with Gasteiger partial charge in [-0.1, -0.05) is 47.5 Å². The number of carbonyl (C=O) groups is 2. The normalized spacial score (nSPS) is 14.1. The molecule has 0 aliphatic heterocycles. The highest BCUT2D eigenvalue weighted by Gasteiger charge is 2.39. The fourth-order valence-corrected chi connectivity index (χ4v) is 4.58. The highest BCUT2D eigenvalue weighted by atomic mass is 28.4. The number of rotatable bonds is 10. The van der Waals surface area contributed by atoms with E-state index in [0.717, 1.165) is 31.1 Å². The first kappa shape index (κ1) is 26.9. The van der Waals surface area contributed by atoms with Crippen LogP contribution < -0.4 is 10.6 Å². The van der Waals surface area contributed by atoms with Gasteiger partial charge in [0, 0.05) is 11.3 Å². The fourth-order valence-electron chi connectivity index (χ4n) is 3.24. The standard InChI is InChI=1S/C25H40N4O3Si/c1-9-11-12-18(10-2)24(31)29-21-16-14-19-13-15-20(26-22(19)27-21)28-23(30)17(3)32-33(7,8)25(4,5)6/h13-18H,9-12H2,1-8H3,(H2,26,27,28,29,30,31). The molecule has 2 aromatic rings. The number of amides is 2. The van der Waals surface area contributed by atoms with E-state index in [4.69, 9.17) is 4.43 Å². The third-order valence-electron chi connectivity index (χ3n) is 6.47. The largest absolute Gasteiger partial charge is 0.405 e. The molecule has 2 amide bonds. The van der Waals surface area contributed by atoms with E-state index in [1.165, 1.54) is 0 Å². The Kier molecular flexibility index (Phi) is 9.14. The summed E-state index contributed by atoms with van der Waals surface area (Å²) < 4.78 is 6.18. The van der Waals surface area contributed by atoms with Gasteiger partial charge >= 0.3 is 0 Å². The lowest BCUT2D eigenvalue weighted by molar-refractivity contribution is -0.122. The van der Waals surface area contributed by atoms with Crippen LogP contribution in [0.1, 0.15) is 67.2 Å². The summed E-state index contributed by atoms with van der Waals surface area (Å²) in [6.45, 7) is 16.6. The second kappa shape index (κ2) is 11.2. The van der Waals surface area contributed by atoms with Gasteiger partial charge in [-0.05, 0) is 62.2 Å². The van der Waals surface area contributed by atoms with Crippen LogP contribution in [0.3, 0.4) is 0 Å². The molecule has 0 bridgehead atoms. The average Bonchev–Trinajstić information content (AvgIpc) is 2.72. The number of carbonyl (C=O) groups excluding carboxylic acids is 2. The van der Waals surface area contributed by atoms with Gasteiger partial charge in [0.2, 0.25) is 5.91 Å². The Hall–Kier alpha value is -2.32. The third kappa shape index (κ3) is 7.33. The number of pyridine rings is 2. The molecule has 0 aliphatic carbocycles. The Morgan fingerprint density at radius 1 is 1.00 bits per heavy atom. The molecule has 33 heavy (non-hydrogen) atoms. The topological polar surface area (TPSA) is 93.2 Å². The number of unbranched alkanes of at least 4 members (excludes halogenated alkanes) is 1. The fraction of sp³-hybridized carbons (Fsp3) is 0.600. The maximum Gasteiger partial charge on any atom is 0.253 e. The van der Waals surface area contributed by atoms with Gasteiger partial charge in [-0.15, -0.1) is 0 Å². The van der Waals surface area contributed by atoms with Crippen molar-refractivity contribution in [3.05, 3.63) is 24.3 Å². The molecular weight excluding hydrogens is 432 g/mol. The van der Waals surface area contributed by atoms with Crippen molar-refractivity contribution in [2.24, 2.45) is 5.92 Å². The summed E-state index contributed by atoms with van der Waals surface area (Å²) in [5.74, 6) is 0.594. The van der Waals surface area contributed by atoms with Crippen LogP contribution in [0.15, 0.2) is 24.3 Å². The van der Waals surface area contributed by atoms with Crippen molar-refractivity contribution in [2.75, 3.05) is 10.6 Å². The summed E-state index contributed by atoms with van der Waals surface area (Å²) >= 11 is 0. The minimum absolute atomic E-state index is 0.0147. The lowest BCUT2D eigenvalue weighted by Gasteiger charge is -2.37. The minimum atomic E-state index is -2.07. The Bertz CT molecular complexity index is 972. The van der Waals surface area contributed by atoms with Crippen LogP contribution in [0.5, 0.6) is 0 Å². The highest BCUT2D eigenvalue weighted by Crippen LogP contribution is 2.37. The number of hydrogen-bond donors (Lipinski definition) is 2. The first-order valence-electron chi connectivity index (χ1n) is 11.9. The summed E-state index contributed by atoms with van der Waals surface area (Å²) in [5, 5.41) is 6.60. The van der Waals surface area contributed by atoms with Crippen LogP contribution in [0.25, 0.3) is 11.0 Å². The molecule has 0 fully saturated rings. The van der Waals surface area contributed by atoms with Crippen molar-refractivity contribution in [3.63, 3.8) is 0 Å². The van der Waals surface area contributed by atoms with Gasteiger partial charge in [0.05, 0.1) is 0 Å². The van der Waals surface area contributed by atoms with Crippen LogP contribution in [0.4, 0.5) is 11.6 Å². The van der Waals surface area contributed by atoms with E-state index in [1.54, 1.807) is 19.1 Å². The molecule has 0 radical (unpaired) electrons. The molecule has 2 unspecified atom stereocenters. The van der Waals surface area contributed by atoms with Gasteiger partial charge in [-0.3, -0.25) is 9.59 Å². The second-order valence-electron chi connectivity index (χ2n) is 10.2. The summed E-state index contributed by atoms with van der Waals surface area (Å²) in [6.07, 6.45) is 3.17. The van der Waals surface area contributed by atoms with Crippen molar-refractivity contribution in [1.29, 1.82) is 0 Å². The molecule has 2 N–H and O–H groups in total. The molecule has 2 aromatic heterocycles. The Morgan fingerprint density at radius 2 is 1.55 bits per heavy atom. The zero-order chi connectivity index (χ0) is 24.8. The van der Waals surface area contributed by atoms with Gasteiger partial charge in [-0.2, -0.15) is 0 Å². The highest BCUT2D eigenvalue weighted by molar-refractivity contribution is 6.74. The summed E-state index contributed by atoms with van der Waals surface area (Å²) in [6, 6.07) is 7.25. The maximum absolute atomic E-state index is 12.7. The summed E-state index contributed by atoms with van der Waals surface area (Å²) in [7, 11) is -2.07. The lowest BCUT2D eigenvalue weighted by Crippen LogP contribution is -2.46. The van der Waals surface area contributed by atoms with Crippen molar-refractivity contribution in [1.82, 2.24) is 9.97 Å². The van der Waals surface area contributed by atoms with E-state index in [0.29, 0.717) is 17.3 Å². The van der Waals surface area contributed by atoms with Crippen LogP contribution in [0.2, 0.25) is 18.1 Å². The van der Waals surface area contributed by atoms with Crippen molar-refractivity contribution < 1.29 is 14.0 Å². The first-order valence-corrected chi connectivity index (χ1v) is 14.9. The molecular formula is C25H40N4O3Si. The zero-order valence-corrected chi connectivity index (χ0v) is 22.4. The number of hydrogen-bond acceptors (Lipinski definition) is 5. The van der Waals surface area contributed by atoms with Gasteiger partial charge in [-0.25, -0.2) is 9.97 Å². The monoisotopic (exact) mass is 472 g/mol. The van der Waals surface area contributed by atoms with E-state index >= 15 is 0 Å². The second-order valence-corrected chi connectivity index (χ2v) is 14.9. The predicted octanol–water partition coefficient (Wildman–Crippen LogP) is 6.13. The van der Waals surface area contributed by atoms with Crippen LogP contribution in [0, 0.1) is 5.92 Å². The van der Waals surface area contributed by atoms with E-state index in [-0.39, 0.29) is 22.8 Å². The Labute approximate surface area is 199 Å². The van der Waals surface area contributed by atoms with E-state index < -0.39 is 14.4 Å². The van der Waals surface area contributed by atoms with Crippen molar-refractivity contribution in [3.8, 4) is 0 Å². The first-order chi connectivity index (χ1) is 15.4. The van der Waals surface area contributed by atoms with E-state index in [1.807, 2.05) is 19.1 Å². The maximum atomic E-state index is 12.7. The van der Waals surface area contributed by atoms with Gasteiger partial charge < -0.3 is 15.1 Å². The molecule has 0 spiro atoms. The SMILES string of the molecule is CCCCC(CC)C(=O)Nc1ccc2ccc(NC(=O)C(C)O[Si](C)(C)C(C)(C)C)nc2n1. The molecule has 2 rings (SSSR count). The number of fused-ring (bicyclic) bond motifs is 1. The number of nitrogens with zero attached hydrogens (tertiary/aromatic N) is 2. The van der Waals surface area contributed by atoms with Crippen molar-refractivity contribution in [2.45, 2.75) is 91.5 Å². The molecule has 8 heteroatoms. The molecule has 182 valence electrons. The number of aromatic nitrogens is 2. The molecule has 0 saturated heterocycles. The lowest BCUT2D eigenvalue weighted by atomic mass is 9.98. The minimum Gasteiger partial charge on any atom is -0.405 e. The van der Waals surface area contributed by atoms with Crippen LogP contribution in [-0.2, 0) is 14.0 Å². The molecule has 0 aliphatic rings. The number of nitrogens with one attached hydrogen (secondary N) is 2. The van der Waals surface area contributed by atoms with E-state index in [2.05, 4.69) is 61.4 Å². The molecule has 2 atom stereocenters. The Balaban J connectivity index is 2.12.